The van der Waals surface area contributed by atoms with Crippen molar-refractivity contribution in [3.63, 3.8) is 0 Å². The van der Waals surface area contributed by atoms with E-state index in [1.54, 1.807) is 0 Å². The van der Waals surface area contributed by atoms with Crippen molar-refractivity contribution in [2.24, 2.45) is 0 Å². The monoisotopic (exact) mass is 413 g/mol. The second kappa shape index (κ2) is 6.91. The summed E-state index contributed by atoms with van der Waals surface area (Å²) < 4.78 is 15.9. The van der Waals surface area contributed by atoms with Crippen LogP contribution in [0.3, 0.4) is 0 Å². The van der Waals surface area contributed by atoms with Crippen LogP contribution in [0.2, 0.25) is 0 Å². The van der Waals surface area contributed by atoms with Crippen LogP contribution in [-0.2, 0) is 0 Å². The molecule has 1 aliphatic rings. The molecule has 4 aromatic carbocycles. The summed E-state index contributed by atoms with van der Waals surface area (Å²) in [7, 11) is -1.18. The maximum absolute atomic E-state index is 6.73. The third kappa shape index (κ3) is 2.70. The minimum absolute atomic E-state index is 0.973. The highest BCUT2D eigenvalue weighted by Gasteiger charge is 2.21. The molecular weight excluding hydrogens is 389 g/mol. The Hall–Kier alpha value is -2.74. The van der Waals surface area contributed by atoms with Crippen LogP contribution in [0.1, 0.15) is 24.0 Å². The van der Waals surface area contributed by atoms with Gasteiger partial charge in [-0.2, -0.15) is 0 Å². The lowest BCUT2D eigenvalue weighted by molar-refractivity contribution is 0.627. The van der Waals surface area contributed by atoms with Crippen LogP contribution in [0, 0.1) is 13.8 Å². The van der Waals surface area contributed by atoms with Crippen LogP contribution in [0.5, 0.6) is 0 Å². The molecule has 0 unspecified atom stereocenters. The molecule has 0 aliphatic carbocycles. The van der Waals surface area contributed by atoms with E-state index in [1.807, 2.05) is 0 Å². The molecule has 1 saturated heterocycles. The van der Waals surface area contributed by atoms with E-state index in [2.05, 4.69) is 79.2 Å². The molecule has 1 aliphatic heterocycles. The highest BCUT2D eigenvalue weighted by atomic mass is 31.1. The van der Waals surface area contributed by atoms with Gasteiger partial charge in [-0.25, -0.2) is 4.67 Å². The number of aryl methyl sites for hydroxylation is 2. The van der Waals surface area contributed by atoms with E-state index in [4.69, 9.17) is 8.39 Å². The standard InChI is InChI=1S/C26H24NO2P/c1-17-15-19-9-3-5-11-21(19)23-24-22-12-6-4-10-20(22)16-18(2)26(24)29-30(28-25(17)23)27-13-7-8-14-27/h3-6,9-12,15-16H,7-8,13-14H2,1-2H3. The van der Waals surface area contributed by atoms with Crippen LogP contribution in [0.15, 0.2) is 69.1 Å². The first kappa shape index (κ1) is 18.1. The van der Waals surface area contributed by atoms with Crippen LogP contribution in [0.25, 0.3) is 43.5 Å². The summed E-state index contributed by atoms with van der Waals surface area (Å²) in [5, 5.41) is 7.26. The molecule has 1 fully saturated rings. The summed E-state index contributed by atoms with van der Waals surface area (Å²) in [5.41, 5.74) is 4.28. The average Bonchev–Trinajstić information content (AvgIpc) is 3.22. The quantitative estimate of drug-likeness (QED) is 0.279. The number of rotatable bonds is 1. The first-order valence-electron chi connectivity index (χ1n) is 10.7. The molecule has 0 radical (unpaired) electrons. The van der Waals surface area contributed by atoms with Gasteiger partial charge in [0.15, 0.2) is 0 Å². The molecule has 2 heterocycles. The normalized spacial score (nSPS) is 15.0. The molecule has 0 atom stereocenters. The summed E-state index contributed by atoms with van der Waals surface area (Å²) in [4.78, 5) is 0. The molecular formula is C26H24NO2P. The Morgan fingerprint density at radius 2 is 1.17 bits per heavy atom. The third-order valence-electron chi connectivity index (χ3n) is 6.28. The smallest absolute Gasteiger partial charge is 0.309 e. The molecule has 6 rings (SSSR count). The van der Waals surface area contributed by atoms with Crippen molar-refractivity contribution >= 4 is 51.6 Å². The molecule has 0 amide bonds. The fourth-order valence-electron chi connectivity index (χ4n) is 4.82. The van der Waals surface area contributed by atoms with E-state index in [9.17, 15) is 0 Å². The van der Waals surface area contributed by atoms with Crippen molar-refractivity contribution in [3.05, 3.63) is 71.8 Å². The predicted molar refractivity (Wildman–Crippen MR) is 128 cm³/mol. The molecule has 0 bridgehead atoms. The Kier molecular flexibility index (Phi) is 4.16. The van der Waals surface area contributed by atoms with Crippen LogP contribution >= 0.6 is 8.16 Å². The second-order valence-corrected chi connectivity index (χ2v) is 9.73. The van der Waals surface area contributed by atoms with Crippen molar-refractivity contribution in [1.29, 1.82) is 0 Å². The Morgan fingerprint density at radius 3 is 1.67 bits per heavy atom. The van der Waals surface area contributed by atoms with E-state index < -0.39 is 8.16 Å². The van der Waals surface area contributed by atoms with Crippen LogP contribution in [-0.4, -0.2) is 13.1 Å². The fraction of sp³-hybridized carbons (Fsp3) is 0.231. The summed E-state index contributed by atoms with van der Waals surface area (Å²) in [5.74, 6) is 0. The first-order valence-corrected chi connectivity index (χ1v) is 11.8. The molecule has 0 N–H and O–H groups in total. The Bertz CT molecular complexity index is 1370. The van der Waals surface area contributed by atoms with Gasteiger partial charge in [-0.15, -0.1) is 0 Å². The van der Waals surface area contributed by atoms with Crippen LogP contribution in [0.4, 0.5) is 0 Å². The number of benzene rings is 4. The van der Waals surface area contributed by atoms with E-state index in [-0.39, 0.29) is 0 Å². The predicted octanol–water partition coefficient (Wildman–Crippen LogP) is 7.95. The Morgan fingerprint density at radius 1 is 0.700 bits per heavy atom. The third-order valence-corrected chi connectivity index (χ3v) is 7.82. The van der Waals surface area contributed by atoms with Crippen LogP contribution < -0.4 is 4.67 Å². The lowest BCUT2D eigenvalue weighted by Crippen LogP contribution is -2.12. The molecule has 5 aromatic rings. The van der Waals surface area contributed by atoms with Crippen molar-refractivity contribution < 1.29 is 8.39 Å². The van der Waals surface area contributed by atoms with Gasteiger partial charge >= 0.3 is 8.16 Å². The topological polar surface area (TPSA) is 29.5 Å². The summed E-state index contributed by atoms with van der Waals surface area (Å²) in [6.07, 6.45) is 2.41. The zero-order chi connectivity index (χ0) is 20.2. The number of hydrogen-bond donors (Lipinski definition) is 0. The van der Waals surface area contributed by atoms with Gasteiger partial charge in [0.05, 0.1) is 0 Å². The highest BCUT2D eigenvalue weighted by molar-refractivity contribution is 7.39. The molecule has 1 aromatic heterocycles. The molecule has 3 nitrogen and oxygen atoms in total. The van der Waals surface area contributed by atoms with Gasteiger partial charge < -0.3 is 8.39 Å². The number of fused-ring (bicyclic) bond motifs is 7. The minimum Gasteiger partial charge on any atom is -0.407 e. The van der Waals surface area contributed by atoms with Gasteiger partial charge in [-0.3, -0.25) is 0 Å². The van der Waals surface area contributed by atoms with Gasteiger partial charge in [0.25, 0.3) is 0 Å². The molecule has 150 valence electrons. The van der Waals surface area contributed by atoms with Crippen molar-refractivity contribution in [2.75, 3.05) is 17.8 Å². The van der Waals surface area contributed by atoms with Gasteiger partial charge in [-0.1, -0.05) is 48.5 Å². The van der Waals surface area contributed by atoms with E-state index in [0.717, 1.165) is 35.4 Å². The van der Waals surface area contributed by atoms with Gasteiger partial charge in [0.1, 0.15) is 11.2 Å². The average molecular weight is 413 g/mol. The van der Waals surface area contributed by atoms with E-state index >= 15 is 0 Å². The zero-order valence-corrected chi connectivity index (χ0v) is 18.2. The van der Waals surface area contributed by atoms with Crippen molar-refractivity contribution in [1.82, 2.24) is 0 Å². The SMILES string of the molecule is Cc1cc2ccccc2c2c1op(N1CCCC1)oc1c(C)cc3ccccc3c12. The molecule has 30 heavy (non-hydrogen) atoms. The highest BCUT2D eigenvalue weighted by Crippen LogP contribution is 2.44. The minimum atomic E-state index is -1.18. The maximum Gasteiger partial charge on any atom is 0.309 e. The molecule has 0 saturated carbocycles. The summed E-state index contributed by atoms with van der Waals surface area (Å²) >= 11 is 0. The van der Waals surface area contributed by atoms with E-state index in [1.165, 1.54) is 45.2 Å². The van der Waals surface area contributed by atoms with Gasteiger partial charge in [-0.05, 0) is 71.5 Å². The van der Waals surface area contributed by atoms with Crippen molar-refractivity contribution in [2.45, 2.75) is 26.7 Å². The first-order chi connectivity index (χ1) is 14.7. The zero-order valence-electron chi connectivity index (χ0n) is 17.3. The summed E-state index contributed by atoms with van der Waals surface area (Å²) in [6, 6.07) is 21.7. The molecule has 4 heteroatoms. The summed E-state index contributed by atoms with van der Waals surface area (Å²) in [6.45, 7) is 6.39. The van der Waals surface area contributed by atoms with Crippen molar-refractivity contribution in [3.8, 4) is 0 Å². The Labute approximate surface area is 176 Å². The Balaban J connectivity index is 1.95. The number of nitrogens with zero attached hydrogens (tertiary/aromatic N) is 1. The van der Waals surface area contributed by atoms with Gasteiger partial charge in [0.2, 0.25) is 0 Å². The maximum atomic E-state index is 6.73. The number of hydrogen-bond acceptors (Lipinski definition) is 3. The second-order valence-electron chi connectivity index (χ2n) is 8.32. The van der Waals surface area contributed by atoms with E-state index in [0.29, 0.717) is 0 Å². The lowest BCUT2D eigenvalue weighted by Gasteiger charge is -2.10. The molecule has 0 spiro atoms. The lowest BCUT2D eigenvalue weighted by atomic mass is 9.95. The fourth-order valence-corrected chi connectivity index (χ4v) is 6.48. The van der Waals surface area contributed by atoms with Gasteiger partial charge in [0, 0.05) is 23.9 Å². The largest absolute Gasteiger partial charge is 0.407 e.